The molecule has 0 aliphatic rings. The molecule has 0 amide bonds. The van der Waals surface area contributed by atoms with Gasteiger partial charge in [-0.1, -0.05) is 6.07 Å². The predicted octanol–water partition coefficient (Wildman–Crippen LogP) is 0.484. The molecule has 0 bridgehead atoms. The summed E-state index contributed by atoms with van der Waals surface area (Å²) in [6, 6.07) is 4.84. The highest BCUT2D eigenvalue weighted by Gasteiger charge is 1.98. The highest BCUT2D eigenvalue weighted by Crippen LogP contribution is 2.08. The summed E-state index contributed by atoms with van der Waals surface area (Å²) in [6.07, 6.45) is 0.693. The molecule has 0 atom stereocenters. The number of aliphatic hydroxyl groups excluding tert-OH is 2. The van der Waals surface area contributed by atoms with E-state index in [1.54, 1.807) is 18.2 Å². The van der Waals surface area contributed by atoms with Crippen molar-refractivity contribution in [2.45, 2.75) is 13.2 Å². The van der Waals surface area contributed by atoms with Gasteiger partial charge >= 0.3 is 0 Å². The van der Waals surface area contributed by atoms with Crippen LogP contribution in [0.25, 0.3) is 0 Å². The molecule has 1 aromatic rings. The van der Waals surface area contributed by atoms with Gasteiger partial charge in [-0.25, -0.2) is 0 Å². The van der Waals surface area contributed by atoms with Crippen LogP contribution in [0.15, 0.2) is 18.2 Å². The standard InChI is InChI=1S/C9H10O3/c10-4-7-1-8(5-11)3-9(2-7)6-12/h1-4,11-12H,5-6H2. The van der Waals surface area contributed by atoms with Crippen molar-refractivity contribution in [2.75, 3.05) is 0 Å². The van der Waals surface area contributed by atoms with Crippen LogP contribution in [0.4, 0.5) is 0 Å². The van der Waals surface area contributed by atoms with Crippen molar-refractivity contribution in [3.05, 3.63) is 34.9 Å². The number of benzene rings is 1. The molecule has 0 radical (unpaired) electrons. The van der Waals surface area contributed by atoms with E-state index >= 15 is 0 Å². The van der Waals surface area contributed by atoms with Gasteiger partial charge in [0, 0.05) is 5.56 Å². The molecule has 0 aliphatic carbocycles. The largest absolute Gasteiger partial charge is 0.392 e. The summed E-state index contributed by atoms with van der Waals surface area (Å²) in [5, 5.41) is 17.6. The lowest BCUT2D eigenvalue weighted by atomic mass is 10.1. The topological polar surface area (TPSA) is 57.5 Å². The normalized spacial score (nSPS) is 9.83. The summed E-state index contributed by atoms with van der Waals surface area (Å²) in [4.78, 5) is 10.4. The molecular formula is C9H10O3. The van der Waals surface area contributed by atoms with Crippen molar-refractivity contribution in [3.63, 3.8) is 0 Å². The van der Waals surface area contributed by atoms with Crippen LogP contribution in [-0.2, 0) is 13.2 Å². The summed E-state index contributed by atoms with van der Waals surface area (Å²) in [6.45, 7) is -0.233. The van der Waals surface area contributed by atoms with E-state index in [1.807, 2.05) is 0 Å². The van der Waals surface area contributed by atoms with E-state index in [0.29, 0.717) is 23.0 Å². The molecule has 0 unspecified atom stereocenters. The van der Waals surface area contributed by atoms with Gasteiger partial charge < -0.3 is 10.2 Å². The highest BCUT2D eigenvalue weighted by atomic mass is 16.3. The van der Waals surface area contributed by atoms with Gasteiger partial charge in [0.15, 0.2) is 0 Å². The first-order valence-electron chi connectivity index (χ1n) is 3.60. The van der Waals surface area contributed by atoms with E-state index in [0.717, 1.165) is 0 Å². The average Bonchev–Trinajstić information content (AvgIpc) is 2.16. The zero-order valence-corrected chi connectivity index (χ0v) is 6.53. The molecule has 0 aliphatic heterocycles. The van der Waals surface area contributed by atoms with Gasteiger partial charge in [0.1, 0.15) is 6.29 Å². The molecule has 0 spiro atoms. The molecule has 0 saturated carbocycles. The number of rotatable bonds is 3. The van der Waals surface area contributed by atoms with Crippen molar-refractivity contribution < 1.29 is 15.0 Å². The molecule has 1 rings (SSSR count). The zero-order valence-electron chi connectivity index (χ0n) is 6.53. The zero-order chi connectivity index (χ0) is 8.97. The van der Waals surface area contributed by atoms with Crippen LogP contribution in [-0.4, -0.2) is 16.5 Å². The summed E-state index contributed by atoms with van der Waals surface area (Å²) in [5.41, 5.74) is 1.76. The number of aliphatic hydroxyl groups is 2. The number of hydrogen-bond acceptors (Lipinski definition) is 3. The molecule has 12 heavy (non-hydrogen) atoms. The molecule has 64 valence electrons. The molecule has 3 heteroatoms. The smallest absolute Gasteiger partial charge is 0.150 e. The second-order valence-corrected chi connectivity index (χ2v) is 2.52. The van der Waals surface area contributed by atoms with E-state index in [9.17, 15) is 4.79 Å². The molecule has 0 heterocycles. The van der Waals surface area contributed by atoms with Gasteiger partial charge in [-0.3, -0.25) is 4.79 Å². The van der Waals surface area contributed by atoms with Crippen LogP contribution >= 0.6 is 0 Å². The third-order valence-electron chi connectivity index (χ3n) is 1.58. The second kappa shape index (κ2) is 3.99. The van der Waals surface area contributed by atoms with Crippen molar-refractivity contribution in [1.29, 1.82) is 0 Å². The van der Waals surface area contributed by atoms with Crippen LogP contribution in [0, 0.1) is 0 Å². The minimum absolute atomic E-state index is 0.116. The minimum atomic E-state index is -0.116. The highest BCUT2D eigenvalue weighted by molar-refractivity contribution is 5.75. The first-order chi connectivity index (χ1) is 5.80. The minimum Gasteiger partial charge on any atom is -0.392 e. The van der Waals surface area contributed by atoms with Gasteiger partial charge in [0.05, 0.1) is 13.2 Å². The van der Waals surface area contributed by atoms with Crippen LogP contribution in [0.3, 0.4) is 0 Å². The SMILES string of the molecule is O=Cc1cc(CO)cc(CO)c1. The van der Waals surface area contributed by atoms with Gasteiger partial charge in [0.25, 0.3) is 0 Å². The molecule has 3 nitrogen and oxygen atoms in total. The third kappa shape index (κ3) is 1.90. The molecular weight excluding hydrogens is 156 g/mol. The number of aldehydes is 1. The Kier molecular flexibility index (Phi) is 2.96. The molecule has 0 fully saturated rings. The van der Waals surface area contributed by atoms with E-state index in [4.69, 9.17) is 10.2 Å². The summed E-state index contributed by atoms with van der Waals surface area (Å²) in [5.74, 6) is 0. The van der Waals surface area contributed by atoms with Gasteiger partial charge in [-0.15, -0.1) is 0 Å². The van der Waals surface area contributed by atoms with E-state index < -0.39 is 0 Å². The fourth-order valence-electron chi connectivity index (χ4n) is 1.04. The van der Waals surface area contributed by atoms with Crippen molar-refractivity contribution in [2.24, 2.45) is 0 Å². The Morgan fingerprint density at radius 3 is 1.92 bits per heavy atom. The lowest BCUT2D eigenvalue weighted by molar-refractivity contribution is 0.112. The monoisotopic (exact) mass is 166 g/mol. The Bertz CT molecular complexity index is 259. The number of carbonyl (C=O) groups is 1. The third-order valence-corrected chi connectivity index (χ3v) is 1.58. The number of hydrogen-bond donors (Lipinski definition) is 2. The maximum Gasteiger partial charge on any atom is 0.150 e. The van der Waals surface area contributed by atoms with Gasteiger partial charge in [-0.05, 0) is 23.3 Å². The van der Waals surface area contributed by atoms with E-state index in [2.05, 4.69) is 0 Å². The maximum absolute atomic E-state index is 10.4. The molecule has 0 aromatic heterocycles. The summed E-state index contributed by atoms with van der Waals surface area (Å²) in [7, 11) is 0. The van der Waals surface area contributed by atoms with Gasteiger partial charge in [0.2, 0.25) is 0 Å². The lowest BCUT2D eigenvalue weighted by Crippen LogP contribution is -1.92. The molecule has 1 aromatic carbocycles. The Morgan fingerprint density at radius 1 is 1.08 bits per heavy atom. The first kappa shape index (κ1) is 8.90. The fraction of sp³-hybridized carbons (Fsp3) is 0.222. The van der Waals surface area contributed by atoms with Crippen LogP contribution in [0.5, 0.6) is 0 Å². The fourth-order valence-corrected chi connectivity index (χ4v) is 1.04. The van der Waals surface area contributed by atoms with E-state index in [-0.39, 0.29) is 13.2 Å². The van der Waals surface area contributed by atoms with E-state index in [1.165, 1.54) is 0 Å². The van der Waals surface area contributed by atoms with Gasteiger partial charge in [-0.2, -0.15) is 0 Å². The summed E-state index contributed by atoms with van der Waals surface area (Å²) >= 11 is 0. The van der Waals surface area contributed by atoms with Crippen LogP contribution in [0.2, 0.25) is 0 Å². The number of carbonyl (C=O) groups excluding carboxylic acids is 1. The maximum atomic E-state index is 10.4. The Labute approximate surface area is 70.3 Å². The Morgan fingerprint density at radius 2 is 1.58 bits per heavy atom. The van der Waals surface area contributed by atoms with Crippen LogP contribution in [0.1, 0.15) is 21.5 Å². The second-order valence-electron chi connectivity index (χ2n) is 2.52. The van der Waals surface area contributed by atoms with Crippen molar-refractivity contribution in [1.82, 2.24) is 0 Å². The van der Waals surface area contributed by atoms with Crippen molar-refractivity contribution >= 4 is 6.29 Å². The molecule has 0 saturated heterocycles. The summed E-state index contributed by atoms with van der Waals surface area (Å²) < 4.78 is 0. The van der Waals surface area contributed by atoms with Crippen LogP contribution < -0.4 is 0 Å². The lowest BCUT2D eigenvalue weighted by Gasteiger charge is -2.01. The molecule has 2 N–H and O–H groups in total. The first-order valence-corrected chi connectivity index (χ1v) is 3.60. The Hall–Kier alpha value is -1.19. The predicted molar refractivity (Wildman–Crippen MR) is 43.7 cm³/mol. The van der Waals surface area contributed by atoms with Crippen molar-refractivity contribution in [3.8, 4) is 0 Å². The average molecular weight is 166 g/mol. The Balaban J connectivity index is 3.09. The quantitative estimate of drug-likeness (QED) is 0.642.